The first-order chi connectivity index (χ1) is 13.3. The van der Waals surface area contributed by atoms with Gasteiger partial charge < -0.3 is 20.9 Å². The third-order valence-corrected chi connectivity index (χ3v) is 4.59. The predicted molar refractivity (Wildman–Crippen MR) is 113 cm³/mol. The fourth-order valence-electron chi connectivity index (χ4n) is 2.81. The van der Waals surface area contributed by atoms with Gasteiger partial charge in [-0.25, -0.2) is 4.98 Å². The Labute approximate surface area is 173 Å². The number of nitrogens with zero attached hydrogens (tertiary/aromatic N) is 2. The molecule has 0 aliphatic rings. The van der Waals surface area contributed by atoms with Gasteiger partial charge in [-0.3, -0.25) is 0 Å². The van der Waals surface area contributed by atoms with Crippen molar-refractivity contribution in [3.63, 3.8) is 0 Å². The van der Waals surface area contributed by atoms with Gasteiger partial charge in [0.15, 0.2) is 11.6 Å². The molecule has 0 aliphatic heterocycles. The van der Waals surface area contributed by atoms with Crippen molar-refractivity contribution in [1.82, 2.24) is 9.97 Å². The van der Waals surface area contributed by atoms with Crippen molar-refractivity contribution in [2.24, 2.45) is 0 Å². The number of ether oxygens (including phenoxy) is 2. The van der Waals surface area contributed by atoms with E-state index in [2.05, 4.69) is 23.8 Å². The highest BCUT2D eigenvalue weighted by molar-refractivity contribution is 6.35. The van der Waals surface area contributed by atoms with Gasteiger partial charge in [0, 0.05) is 21.2 Å². The van der Waals surface area contributed by atoms with Crippen molar-refractivity contribution in [3.05, 3.63) is 52.1 Å². The van der Waals surface area contributed by atoms with E-state index in [1.54, 1.807) is 13.2 Å². The van der Waals surface area contributed by atoms with Crippen LogP contribution in [0.5, 0.6) is 17.2 Å². The molecule has 6 nitrogen and oxygen atoms in total. The first-order valence-electron chi connectivity index (χ1n) is 8.52. The summed E-state index contributed by atoms with van der Waals surface area (Å²) in [6, 6.07) is 9.09. The van der Waals surface area contributed by atoms with E-state index in [4.69, 9.17) is 44.1 Å². The Morgan fingerprint density at radius 3 is 2.18 bits per heavy atom. The van der Waals surface area contributed by atoms with Gasteiger partial charge in [0.2, 0.25) is 5.95 Å². The second-order valence-electron chi connectivity index (χ2n) is 6.48. The van der Waals surface area contributed by atoms with Crippen LogP contribution in [0.1, 0.15) is 25.3 Å². The van der Waals surface area contributed by atoms with E-state index in [1.165, 1.54) is 6.20 Å². The summed E-state index contributed by atoms with van der Waals surface area (Å²) in [4.78, 5) is 7.89. The summed E-state index contributed by atoms with van der Waals surface area (Å²) in [5.74, 6) is 1.99. The minimum Gasteiger partial charge on any atom is -0.496 e. The summed E-state index contributed by atoms with van der Waals surface area (Å²) in [6.45, 7) is 4.11. The van der Waals surface area contributed by atoms with Gasteiger partial charge in [0.25, 0.3) is 0 Å². The van der Waals surface area contributed by atoms with E-state index >= 15 is 0 Å². The van der Waals surface area contributed by atoms with E-state index in [1.807, 2.05) is 24.3 Å². The maximum Gasteiger partial charge on any atom is 0.222 e. The summed E-state index contributed by atoms with van der Waals surface area (Å²) >= 11 is 12.4. The standard InChI is InChI=1S/C20H20Cl2N4O2/c1-10(2)14-7-16(27-3)15(11-4-12(21)6-13(22)5-11)8-17(14)28-18-9-25-20(24)26-19(18)23/h4-10H,1-3H3,(H4,23,24,25,26). The Morgan fingerprint density at radius 1 is 0.929 bits per heavy atom. The number of benzene rings is 2. The molecule has 0 amide bonds. The van der Waals surface area contributed by atoms with Gasteiger partial charge in [-0.2, -0.15) is 4.98 Å². The summed E-state index contributed by atoms with van der Waals surface area (Å²) < 4.78 is 11.7. The molecule has 3 rings (SSSR count). The minimum absolute atomic E-state index is 0.0814. The molecule has 3 aromatic rings. The van der Waals surface area contributed by atoms with Crippen LogP contribution in [-0.4, -0.2) is 17.1 Å². The molecule has 0 saturated carbocycles. The number of halogens is 2. The number of methoxy groups -OCH3 is 1. The number of rotatable bonds is 5. The second-order valence-corrected chi connectivity index (χ2v) is 7.36. The number of hydrogen-bond acceptors (Lipinski definition) is 6. The van der Waals surface area contributed by atoms with Crippen molar-refractivity contribution >= 4 is 35.0 Å². The normalized spacial score (nSPS) is 10.9. The van der Waals surface area contributed by atoms with Crippen molar-refractivity contribution in [2.45, 2.75) is 19.8 Å². The highest BCUT2D eigenvalue weighted by Crippen LogP contribution is 2.42. The molecule has 8 heteroatoms. The SMILES string of the molecule is COc1cc(C(C)C)c(Oc2cnc(N)nc2N)cc1-c1cc(Cl)cc(Cl)c1. The molecule has 146 valence electrons. The molecule has 1 aromatic heterocycles. The molecule has 1 heterocycles. The highest BCUT2D eigenvalue weighted by Gasteiger charge is 2.18. The quantitative estimate of drug-likeness (QED) is 0.564. The Bertz CT molecular complexity index is 1010. The van der Waals surface area contributed by atoms with Gasteiger partial charge in [-0.15, -0.1) is 0 Å². The van der Waals surface area contributed by atoms with Gasteiger partial charge >= 0.3 is 0 Å². The molecule has 28 heavy (non-hydrogen) atoms. The average Bonchev–Trinajstić information content (AvgIpc) is 2.62. The molecular formula is C20H20Cl2N4O2. The maximum absolute atomic E-state index is 6.18. The molecule has 0 aliphatic carbocycles. The topological polar surface area (TPSA) is 96.3 Å². The first kappa shape index (κ1) is 20.0. The summed E-state index contributed by atoms with van der Waals surface area (Å²) in [6.07, 6.45) is 1.45. The highest BCUT2D eigenvalue weighted by atomic mass is 35.5. The Kier molecular flexibility index (Phi) is 5.82. The van der Waals surface area contributed by atoms with Crippen LogP contribution >= 0.6 is 23.2 Å². The van der Waals surface area contributed by atoms with E-state index in [-0.39, 0.29) is 17.7 Å². The van der Waals surface area contributed by atoms with Crippen LogP contribution in [0.15, 0.2) is 36.5 Å². The smallest absolute Gasteiger partial charge is 0.222 e. The van der Waals surface area contributed by atoms with Gasteiger partial charge in [0.1, 0.15) is 11.5 Å². The van der Waals surface area contributed by atoms with E-state index in [9.17, 15) is 0 Å². The third-order valence-electron chi connectivity index (χ3n) is 4.15. The van der Waals surface area contributed by atoms with E-state index in [0.717, 1.165) is 16.7 Å². The van der Waals surface area contributed by atoms with Crippen molar-refractivity contribution in [2.75, 3.05) is 18.6 Å². The van der Waals surface area contributed by atoms with Crippen LogP contribution in [0.25, 0.3) is 11.1 Å². The zero-order chi connectivity index (χ0) is 20.4. The number of nitrogens with two attached hydrogens (primary N) is 2. The van der Waals surface area contributed by atoms with Crippen LogP contribution < -0.4 is 20.9 Å². The minimum atomic E-state index is 0.0814. The van der Waals surface area contributed by atoms with Crippen LogP contribution in [0.4, 0.5) is 11.8 Å². The Balaban J connectivity index is 2.17. The van der Waals surface area contributed by atoms with Crippen molar-refractivity contribution in [1.29, 1.82) is 0 Å². The monoisotopic (exact) mass is 418 g/mol. The zero-order valence-electron chi connectivity index (χ0n) is 15.7. The molecule has 4 N–H and O–H groups in total. The number of nitrogen functional groups attached to an aromatic ring is 2. The fourth-order valence-corrected chi connectivity index (χ4v) is 3.34. The number of hydrogen-bond donors (Lipinski definition) is 2. The molecule has 0 unspecified atom stereocenters. The lowest BCUT2D eigenvalue weighted by Crippen LogP contribution is -2.03. The predicted octanol–water partition coefficient (Wildman–Crippen LogP) is 5.54. The lowest BCUT2D eigenvalue weighted by atomic mass is 9.96. The van der Waals surface area contributed by atoms with Crippen LogP contribution in [0.2, 0.25) is 10.0 Å². The van der Waals surface area contributed by atoms with Gasteiger partial charge in [-0.05, 0) is 41.8 Å². The van der Waals surface area contributed by atoms with Crippen LogP contribution in [-0.2, 0) is 0 Å². The van der Waals surface area contributed by atoms with Crippen molar-refractivity contribution in [3.8, 4) is 28.4 Å². The van der Waals surface area contributed by atoms with Crippen molar-refractivity contribution < 1.29 is 9.47 Å². The van der Waals surface area contributed by atoms with Gasteiger partial charge in [0.05, 0.1) is 13.3 Å². The summed E-state index contributed by atoms with van der Waals surface area (Å²) in [5.41, 5.74) is 14.0. The molecule has 0 bridgehead atoms. The summed E-state index contributed by atoms with van der Waals surface area (Å²) in [5, 5.41) is 1.05. The van der Waals surface area contributed by atoms with Crippen LogP contribution in [0, 0.1) is 0 Å². The second kappa shape index (κ2) is 8.12. The van der Waals surface area contributed by atoms with Crippen LogP contribution in [0.3, 0.4) is 0 Å². The molecule has 0 spiro atoms. The Hall–Kier alpha value is -2.70. The largest absolute Gasteiger partial charge is 0.496 e. The average molecular weight is 419 g/mol. The first-order valence-corrected chi connectivity index (χ1v) is 9.28. The molecule has 0 saturated heterocycles. The number of aromatic nitrogens is 2. The zero-order valence-corrected chi connectivity index (χ0v) is 17.2. The lowest BCUT2D eigenvalue weighted by Gasteiger charge is -2.19. The summed E-state index contributed by atoms with van der Waals surface area (Å²) in [7, 11) is 1.61. The van der Waals surface area contributed by atoms with Gasteiger partial charge in [-0.1, -0.05) is 37.0 Å². The maximum atomic E-state index is 6.18. The molecule has 0 atom stereocenters. The lowest BCUT2D eigenvalue weighted by molar-refractivity contribution is 0.412. The molecule has 0 fully saturated rings. The van der Waals surface area contributed by atoms with E-state index in [0.29, 0.717) is 27.3 Å². The number of anilines is 2. The van der Waals surface area contributed by atoms with E-state index < -0.39 is 0 Å². The molecular weight excluding hydrogens is 399 g/mol. The molecule has 0 radical (unpaired) electrons. The molecule has 2 aromatic carbocycles. The Morgan fingerprint density at radius 2 is 1.61 bits per heavy atom. The third kappa shape index (κ3) is 4.24. The fraction of sp³-hybridized carbons (Fsp3) is 0.200.